The quantitative estimate of drug-likeness (QED) is 0.591. The van der Waals surface area contributed by atoms with E-state index in [0.29, 0.717) is 0 Å². The SMILES string of the molecule is FC(F)(F)c1ccc(C(S)c2cccnc2C(F)(F)F)cc1. The van der Waals surface area contributed by atoms with Crippen LogP contribution in [0.1, 0.15) is 27.6 Å². The molecule has 0 spiro atoms. The van der Waals surface area contributed by atoms with Crippen LogP contribution < -0.4 is 0 Å². The Balaban J connectivity index is 2.39. The lowest BCUT2D eigenvalue weighted by atomic mass is 10.0. The minimum absolute atomic E-state index is 0.210. The first-order valence-electron chi connectivity index (χ1n) is 5.98. The number of aromatic nitrogens is 1. The van der Waals surface area contributed by atoms with Crippen molar-refractivity contribution in [2.75, 3.05) is 0 Å². The second-order valence-electron chi connectivity index (χ2n) is 4.46. The summed E-state index contributed by atoms with van der Waals surface area (Å²) in [4.78, 5) is 3.30. The Bertz CT molecular complexity index is 648. The van der Waals surface area contributed by atoms with Crippen molar-refractivity contribution in [1.82, 2.24) is 4.98 Å². The third-order valence-corrected chi connectivity index (χ3v) is 3.53. The molecule has 0 saturated heterocycles. The van der Waals surface area contributed by atoms with Gasteiger partial charge in [0.05, 0.1) is 10.8 Å². The molecule has 8 heteroatoms. The van der Waals surface area contributed by atoms with Gasteiger partial charge in [-0.3, -0.25) is 4.98 Å². The maximum atomic E-state index is 12.9. The standard InChI is InChI=1S/C14H9F6NS/c15-13(16,17)9-5-3-8(4-6-9)11(22)10-2-1-7-21-12(10)14(18,19)20/h1-7,11,22H. The summed E-state index contributed by atoms with van der Waals surface area (Å²) in [6.45, 7) is 0. The van der Waals surface area contributed by atoms with Gasteiger partial charge in [0.15, 0.2) is 0 Å². The highest BCUT2D eigenvalue weighted by molar-refractivity contribution is 7.80. The molecule has 0 saturated carbocycles. The summed E-state index contributed by atoms with van der Waals surface area (Å²) in [6.07, 6.45) is -8.17. The molecule has 0 aliphatic rings. The first-order valence-corrected chi connectivity index (χ1v) is 6.49. The molecule has 1 nitrogen and oxygen atoms in total. The highest BCUT2D eigenvalue weighted by atomic mass is 32.1. The van der Waals surface area contributed by atoms with E-state index in [9.17, 15) is 26.3 Å². The Morgan fingerprint density at radius 2 is 1.45 bits per heavy atom. The maximum absolute atomic E-state index is 12.9. The van der Waals surface area contributed by atoms with E-state index in [1.165, 1.54) is 12.1 Å². The number of thiol groups is 1. The molecule has 2 rings (SSSR count). The number of hydrogen-bond acceptors (Lipinski definition) is 2. The zero-order valence-corrected chi connectivity index (χ0v) is 11.7. The van der Waals surface area contributed by atoms with Crippen LogP contribution in [0.3, 0.4) is 0 Å². The van der Waals surface area contributed by atoms with E-state index in [1.807, 2.05) is 0 Å². The van der Waals surface area contributed by atoms with Crippen molar-refractivity contribution in [3.63, 3.8) is 0 Å². The van der Waals surface area contributed by atoms with Gasteiger partial charge in [-0.05, 0) is 23.8 Å². The molecule has 0 N–H and O–H groups in total. The molecule has 1 aromatic heterocycles. The number of pyridine rings is 1. The Morgan fingerprint density at radius 3 is 1.95 bits per heavy atom. The number of rotatable bonds is 2. The average Bonchev–Trinajstić information content (AvgIpc) is 2.45. The predicted octanol–water partition coefficient (Wildman–Crippen LogP) is 5.14. The Morgan fingerprint density at radius 1 is 0.864 bits per heavy atom. The topological polar surface area (TPSA) is 12.9 Å². The lowest BCUT2D eigenvalue weighted by Gasteiger charge is -2.17. The van der Waals surface area contributed by atoms with Crippen molar-refractivity contribution in [1.29, 1.82) is 0 Å². The van der Waals surface area contributed by atoms with E-state index < -0.39 is 28.9 Å². The fourth-order valence-corrected chi connectivity index (χ4v) is 2.29. The molecule has 1 unspecified atom stereocenters. The summed E-state index contributed by atoms with van der Waals surface area (Å²) < 4.78 is 76.2. The third-order valence-electron chi connectivity index (χ3n) is 2.96. The van der Waals surface area contributed by atoms with Crippen LogP contribution in [0.2, 0.25) is 0 Å². The van der Waals surface area contributed by atoms with Gasteiger partial charge >= 0.3 is 12.4 Å². The van der Waals surface area contributed by atoms with Crippen molar-refractivity contribution in [2.45, 2.75) is 17.6 Å². The van der Waals surface area contributed by atoms with Gasteiger partial charge in [0.1, 0.15) is 5.69 Å². The summed E-state index contributed by atoms with van der Waals surface area (Å²) in [6, 6.07) is 6.34. The first-order chi connectivity index (χ1) is 10.1. The summed E-state index contributed by atoms with van der Waals surface area (Å²) in [7, 11) is 0. The molecule has 0 aliphatic heterocycles. The summed E-state index contributed by atoms with van der Waals surface area (Å²) in [5, 5.41) is -1.03. The van der Waals surface area contributed by atoms with Crippen molar-refractivity contribution in [2.24, 2.45) is 0 Å². The molecule has 0 radical (unpaired) electrons. The predicted molar refractivity (Wildman–Crippen MR) is 71.5 cm³/mol. The zero-order valence-electron chi connectivity index (χ0n) is 10.8. The number of nitrogens with zero attached hydrogens (tertiary/aromatic N) is 1. The van der Waals surface area contributed by atoms with Crippen LogP contribution >= 0.6 is 12.6 Å². The van der Waals surface area contributed by atoms with E-state index in [1.54, 1.807) is 0 Å². The molecule has 2 aromatic rings. The Labute approximate surface area is 127 Å². The molecule has 118 valence electrons. The van der Waals surface area contributed by atoms with E-state index >= 15 is 0 Å². The molecular formula is C14H9F6NS. The lowest BCUT2D eigenvalue weighted by Crippen LogP contribution is -2.13. The van der Waals surface area contributed by atoms with E-state index in [2.05, 4.69) is 17.6 Å². The summed E-state index contributed by atoms with van der Waals surface area (Å²) in [5.41, 5.74) is -1.97. The Kier molecular flexibility index (Phi) is 4.42. The van der Waals surface area contributed by atoms with Gasteiger partial charge in [-0.25, -0.2) is 0 Å². The van der Waals surface area contributed by atoms with Crippen LogP contribution in [-0.4, -0.2) is 4.98 Å². The second kappa shape index (κ2) is 5.83. The average molecular weight is 337 g/mol. The monoisotopic (exact) mass is 337 g/mol. The smallest absolute Gasteiger partial charge is 0.251 e. The van der Waals surface area contributed by atoms with Gasteiger partial charge in [0, 0.05) is 11.8 Å². The van der Waals surface area contributed by atoms with Gasteiger partial charge in [0.25, 0.3) is 0 Å². The van der Waals surface area contributed by atoms with Gasteiger partial charge in [-0.1, -0.05) is 18.2 Å². The Hall–Kier alpha value is -1.70. The van der Waals surface area contributed by atoms with Crippen LogP contribution in [0, 0.1) is 0 Å². The minimum Gasteiger partial charge on any atom is -0.251 e. The van der Waals surface area contributed by atoms with E-state index in [0.717, 1.165) is 30.5 Å². The van der Waals surface area contributed by atoms with E-state index in [-0.39, 0.29) is 11.1 Å². The molecular weight excluding hydrogens is 328 g/mol. The summed E-state index contributed by atoms with van der Waals surface area (Å²) >= 11 is 4.10. The van der Waals surface area contributed by atoms with Crippen LogP contribution in [0.25, 0.3) is 0 Å². The highest BCUT2D eigenvalue weighted by Crippen LogP contribution is 2.38. The zero-order chi connectivity index (χ0) is 16.5. The number of benzene rings is 1. The molecule has 0 aliphatic carbocycles. The first kappa shape index (κ1) is 16.7. The van der Waals surface area contributed by atoms with Gasteiger partial charge in [-0.2, -0.15) is 39.0 Å². The van der Waals surface area contributed by atoms with Crippen LogP contribution in [0.5, 0.6) is 0 Å². The minimum atomic E-state index is -4.66. The number of hydrogen-bond donors (Lipinski definition) is 1. The van der Waals surface area contributed by atoms with Crippen LogP contribution in [0.4, 0.5) is 26.3 Å². The molecule has 0 fully saturated rings. The van der Waals surface area contributed by atoms with Crippen molar-refractivity contribution in [3.05, 3.63) is 65.0 Å². The summed E-state index contributed by atoms with van der Waals surface area (Å²) in [5.74, 6) is 0. The molecule has 22 heavy (non-hydrogen) atoms. The van der Waals surface area contributed by atoms with Crippen molar-refractivity contribution in [3.8, 4) is 0 Å². The fourth-order valence-electron chi connectivity index (χ4n) is 1.91. The fraction of sp³-hybridized carbons (Fsp3) is 0.214. The molecule has 1 heterocycles. The largest absolute Gasteiger partial charge is 0.433 e. The molecule has 0 amide bonds. The maximum Gasteiger partial charge on any atom is 0.433 e. The highest BCUT2D eigenvalue weighted by Gasteiger charge is 2.37. The lowest BCUT2D eigenvalue weighted by molar-refractivity contribution is -0.141. The van der Waals surface area contributed by atoms with E-state index in [4.69, 9.17) is 0 Å². The number of halogens is 6. The second-order valence-corrected chi connectivity index (χ2v) is 4.98. The molecule has 1 atom stereocenters. The van der Waals surface area contributed by atoms with Crippen LogP contribution in [-0.2, 0) is 12.4 Å². The van der Waals surface area contributed by atoms with Crippen molar-refractivity contribution >= 4 is 12.6 Å². The molecule has 0 bridgehead atoms. The van der Waals surface area contributed by atoms with Crippen molar-refractivity contribution < 1.29 is 26.3 Å². The molecule has 1 aromatic carbocycles. The number of alkyl halides is 6. The van der Waals surface area contributed by atoms with Gasteiger partial charge < -0.3 is 0 Å². The van der Waals surface area contributed by atoms with Gasteiger partial charge in [0.2, 0.25) is 0 Å². The third kappa shape index (κ3) is 3.55. The van der Waals surface area contributed by atoms with Crippen LogP contribution in [0.15, 0.2) is 42.6 Å². The normalized spacial score (nSPS) is 14.0. The van der Waals surface area contributed by atoms with Gasteiger partial charge in [-0.15, -0.1) is 0 Å².